The van der Waals surface area contributed by atoms with Gasteiger partial charge in [0.1, 0.15) is 5.75 Å². The number of methoxy groups -OCH3 is 1. The summed E-state index contributed by atoms with van der Waals surface area (Å²) < 4.78 is 5.34. The van der Waals surface area contributed by atoms with Gasteiger partial charge in [0.25, 0.3) is 0 Å². The van der Waals surface area contributed by atoms with Gasteiger partial charge in [-0.05, 0) is 36.3 Å². The Morgan fingerprint density at radius 3 is 2.65 bits per heavy atom. The molecular formula is C15H22O2. The summed E-state index contributed by atoms with van der Waals surface area (Å²) in [5.41, 5.74) is 2.64. The summed E-state index contributed by atoms with van der Waals surface area (Å²) >= 11 is 0. The average molecular weight is 234 g/mol. The third kappa shape index (κ3) is 2.63. The Bertz CT molecular complexity index is 409. The number of aliphatic hydroxyl groups excluding tert-OH is 1. The smallest absolute Gasteiger partial charge is 0.122 e. The van der Waals surface area contributed by atoms with Crippen molar-refractivity contribution in [2.24, 2.45) is 11.3 Å². The molecule has 0 aromatic heterocycles. The van der Waals surface area contributed by atoms with Gasteiger partial charge in [-0.25, -0.2) is 0 Å². The van der Waals surface area contributed by atoms with Crippen LogP contribution in [0.3, 0.4) is 0 Å². The summed E-state index contributed by atoms with van der Waals surface area (Å²) in [7, 11) is 1.68. The van der Waals surface area contributed by atoms with Crippen LogP contribution >= 0.6 is 0 Å². The van der Waals surface area contributed by atoms with Gasteiger partial charge in [0, 0.05) is 6.42 Å². The van der Waals surface area contributed by atoms with E-state index in [1.807, 2.05) is 12.1 Å². The Morgan fingerprint density at radius 1 is 1.47 bits per heavy atom. The maximum Gasteiger partial charge on any atom is 0.122 e. The van der Waals surface area contributed by atoms with Gasteiger partial charge in [0.2, 0.25) is 0 Å². The van der Waals surface area contributed by atoms with Crippen LogP contribution in [0.2, 0.25) is 0 Å². The first-order chi connectivity index (χ1) is 7.94. The maximum atomic E-state index is 10.2. The minimum absolute atomic E-state index is 0.249. The number of aryl methyl sites for hydroxylation is 1. The molecule has 2 unspecified atom stereocenters. The summed E-state index contributed by atoms with van der Waals surface area (Å²) in [5.74, 6) is 1.32. The van der Waals surface area contributed by atoms with E-state index in [0.29, 0.717) is 17.8 Å². The van der Waals surface area contributed by atoms with Crippen LogP contribution in [0, 0.1) is 18.3 Å². The molecule has 1 fully saturated rings. The first-order valence-corrected chi connectivity index (χ1v) is 6.25. The Labute approximate surface area is 104 Å². The zero-order valence-corrected chi connectivity index (χ0v) is 11.2. The first kappa shape index (κ1) is 12.4. The third-order valence-electron chi connectivity index (χ3n) is 3.92. The van der Waals surface area contributed by atoms with E-state index in [1.54, 1.807) is 7.11 Å². The van der Waals surface area contributed by atoms with Crippen LogP contribution < -0.4 is 4.74 Å². The molecule has 1 aliphatic carbocycles. The summed E-state index contributed by atoms with van der Waals surface area (Å²) in [5, 5.41) is 10.2. The number of ether oxygens (including phenoxy) is 1. The van der Waals surface area contributed by atoms with Gasteiger partial charge in [0.05, 0.1) is 13.2 Å². The van der Waals surface area contributed by atoms with Gasteiger partial charge in [-0.3, -0.25) is 0 Å². The normalized spacial score (nSPS) is 23.2. The molecule has 2 nitrogen and oxygen atoms in total. The fourth-order valence-electron chi connectivity index (χ4n) is 2.60. The van der Waals surface area contributed by atoms with E-state index in [1.165, 1.54) is 5.56 Å². The third-order valence-corrected chi connectivity index (χ3v) is 3.92. The molecule has 1 saturated carbocycles. The van der Waals surface area contributed by atoms with Crippen molar-refractivity contribution in [2.75, 3.05) is 7.11 Å². The Kier molecular flexibility index (Phi) is 3.17. The second kappa shape index (κ2) is 4.34. The lowest BCUT2D eigenvalue weighted by atomic mass is 9.98. The molecule has 94 valence electrons. The van der Waals surface area contributed by atoms with Crippen LogP contribution in [0.1, 0.15) is 31.4 Å². The molecule has 2 heteroatoms. The molecule has 1 N–H and O–H groups in total. The van der Waals surface area contributed by atoms with Crippen molar-refractivity contribution in [3.05, 3.63) is 29.3 Å². The van der Waals surface area contributed by atoms with Crippen molar-refractivity contribution < 1.29 is 9.84 Å². The van der Waals surface area contributed by atoms with E-state index < -0.39 is 0 Å². The first-order valence-electron chi connectivity index (χ1n) is 6.25. The van der Waals surface area contributed by atoms with E-state index in [9.17, 15) is 5.11 Å². The van der Waals surface area contributed by atoms with Gasteiger partial charge in [-0.2, -0.15) is 0 Å². The van der Waals surface area contributed by atoms with E-state index >= 15 is 0 Å². The molecule has 0 heterocycles. The topological polar surface area (TPSA) is 29.5 Å². The maximum absolute atomic E-state index is 10.2. The Hall–Kier alpha value is -1.02. The molecule has 2 rings (SSSR count). The minimum atomic E-state index is -0.249. The lowest BCUT2D eigenvalue weighted by Gasteiger charge is -2.15. The molecule has 0 spiro atoms. The van der Waals surface area contributed by atoms with Crippen LogP contribution in [0.25, 0.3) is 0 Å². The largest absolute Gasteiger partial charge is 0.496 e. The van der Waals surface area contributed by atoms with Crippen molar-refractivity contribution in [2.45, 2.75) is 39.7 Å². The van der Waals surface area contributed by atoms with Crippen molar-refractivity contribution in [3.63, 3.8) is 0 Å². The molecule has 1 aliphatic rings. The van der Waals surface area contributed by atoms with Crippen LogP contribution in [0.15, 0.2) is 18.2 Å². The Balaban J connectivity index is 2.10. The fraction of sp³-hybridized carbons (Fsp3) is 0.600. The highest BCUT2D eigenvalue weighted by Crippen LogP contribution is 2.54. The number of hydrogen-bond acceptors (Lipinski definition) is 2. The summed E-state index contributed by atoms with van der Waals surface area (Å²) in [6.45, 7) is 6.50. The molecule has 0 saturated heterocycles. The minimum Gasteiger partial charge on any atom is -0.496 e. The zero-order valence-electron chi connectivity index (χ0n) is 11.2. The van der Waals surface area contributed by atoms with Gasteiger partial charge in [0.15, 0.2) is 0 Å². The van der Waals surface area contributed by atoms with Crippen LogP contribution in [0.5, 0.6) is 5.75 Å². The van der Waals surface area contributed by atoms with Crippen molar-refractivity contribution >= 4 is 0 Å². The van der Waals surface area contributed by atoms with Crippen molar-refractivity contribution in [1.29, 1.82) is 0 Å². The van der Waals surface area contributed by atoms with Crippen LogP contribution in [0.4, 0.5) is 0 Å². The molecule has 17 heavy (non-hydrogen) atoms. The predicted octanol–water partition coefficient (Wildman–Crippen LogP) is 2.95. The average Bonchev–Trinajstić information content (AvgIpc) is 2.88. The number of hydrogen-bond donors (Lipinski definition) is 1. The zero-order chi connectivity index (χ0) is 12.6. The quantitative estimate of drug-likeness (QED) is 0.868. The molecule has 0 aliphatic heterocycles. The molecular weight excluding hydrogens is 212 g/mol. The standard InChI is InChI=1S/C15H22O2/c1-10-5-6-14(17-4)11(7-10)8-13(16)12-9-15(12,2)3/h5-7,12-13,16H,8-9H2,1-4H3. The lowest BCUT2D eigenvalue weighted by molar-refractivity contribution is 0.136. The Morgan fingerprint density at radius 2 is 2.12 bits per heavy atom. The molecule has 0 radical (unpaired) electrons. The summed E-state index contributed by atoms with van der Waals surface area (Å²) in [6, 6.07) is 6.13. The second-order valence-electron chi connectivity index (χ2n) is 5.89. The molecule has 1 aromatic carbocycles. The van der Waals surface area contributed by atoms with Crippen molar-refractivity contribution in [1.82, 2.24) is 0 Å². The van der Waals surface area contributed by atoms with Crippen LogP contribution in [-0.2, 0) is 6.42 Å². The second-order valence-corrected chi connectivity index (χ2v) is 5.89. The SMILES string of the molecule is COc1ccc(C)cc1CC(O)C1CC1(C)C. The highest BCUT2D eigenvalue weighted by Gasteiger charge is 2.49. The fourth-order valence-corrected chi connectivity index (χ4v) is 2.60. The van der Waals surface area contributed by atoms with Gasteiger partial charge in [-0.15, -0.1) is 0 Å². The van der Waals surface area contributed by atoms with E-state index in [-0.39, 0.29) is 6.10 Å². The summed E-state index contributed by atoms with van der Waals surface area (Å²) in [6.07, 6.45) is 1.57. The van der Waals surface area contributed by atoms with Crippen molar-refractivity contribution in [3.8, 4) is 5.75 Å². The highest BCUT2D eigenvalue weighted by molar-refractivity contribution is 5.37. The van der Waals surface area contributed by atoms with E-state index in [0.717, 1.165) is 17.7 Å². The van der Waals surface area contributed by atoms with Crippen LogP contribution in [-0.4, -0.2) is 18.3 Å². The number of rotatable bonds is 4. The van der Waals surface area contributed by atoms with Gasteiger partial charge < -0.3 is 9.84 Å². The monoisotopic (exact) mass is 234 g/mol. The molecule has 0 amide bonds. The number of aliphatic hydroxyl groups is 1. The van der Waals surface area contributed by atoms with E-state index in [4.69, 9.17) is 4.74 Å². The molecule has 0 bridgehead atoms. The summed E-state index contributed by atoms with van der Waals surface area (Å²) in [4.78, 5) is 0. The molecule has 2 atom stereocenters. The lowest BCUT2D eigenvalue weighted by Crippen LogP contribution is -2.16. The predicted molar refractivity (Wildman–Crippen MR) is 69.3 cm³/mol. The molecule has 1 aromatic rings. The van der Waals surface area contributed by atoms with Gasteiger partial charge >= 0.3 is 0 Å². The number of benzene rings is 1. The highest BCUT2D eigenvalue weighted by atomic mass is 16.5. The van der Waals surface area contributed by atoms with E-state index in [2.05, 4.69) is 26.8 Å². The van der Waals surface area contributed by atoms with Gasteiger partial charge in [-0.1, -0.05) is 31.5 Å².